The molecule has 5 heteroatoms. The van der Waals surface area contributed by atoms with Crippen LogP contribution in [0.2, 0.25) is 0 Å². The maximum absolute atomic E-state index is 10.9. The maximum Gasteiger partial charge on any atom is 0.241 e. The van der Waals surface area contributed by atoms with Gasteiger partial charge in [-0.2, -0.15) is 0 Å². The van der Waals surface area contributed by atoms with Crippen LogP contribution in [0.1, 0.15) is 32.1 Å². The second-order valence-corrected chi connectivity index (χ2v) is 3.85. The van der Waals surface area contributed by atoms with E-state index in [9.17, 15) is 4.79 Å². The van der Waals surface area contributed by atoms with Crippen LogP contribution >= 0.6 is 0 Å². The van der Waals surface area contributed by atoms with E-state index in [1.807, 2.05) is 0 Å². The lowest BCUT2D eigenvalue weighted by Gasteiger charge is -2.23. The molecule has 1 saturated carbocycles. The summed E-state index contributed by atoms with van der Waals surface area (Å²) >= 11 is 0. The molecule has 1 aliphatic rings. The number of hydrogen-bond acceptors (Lipinski definition) is 2. The molecule has 0 heterocycles. The summed E-state index contributed by atoms with van der Waals surface area (Å²) in [7, 11) is 1.59. The monoisotopic (exact) mass is 212 g/mol. The Balaban J connectivity index is 2.26. The Morgan fingerprint density at radius 2 is 2.07 bits per heavy atom. The lowest BCUT2D eigenvalue weighted by molar-refractivity contribution is -0.119. The minimum Gasteiger partial charge on any atom is -0.370 e. The summed E-state index contributed by atoms with van der Waals surface area (Å²) in [5.74, 6) is 0.258. The number of hydrogen-bond donors (Lipinski definition) is 3. The van der Waals surface area contributed by atoms with E-state index in [0.29, 0.717) is 12.0 Å². The summed E-state index contributed by atoms with van der Waals surface area (Å²) in [5.41, 5.74) is 5.67. The molecule has 1 rings (SSSR count). The number of likely N-dealkylation sites (N-methyl/N-ethyl adjacent to an activating group) is 1. The molecule has 0 saturated heterocycles. The molecule has 0 aromatic rings. The molecule has 0 aromatic carbocycles. The molecule has 1 amide bonds. The quantitative estimate of drug-likeness (QED) is 0.454. The van der Waals surface area contributed by atoms with E-state index in [0.717, 1.165) is 12.8 Å². The van der Waals surface area contributed by atoms with Gasteiger partial charge in [-0.3, -0.25) is 4.79 Å². The van der Waals surface area contributed by atoms with E-state index < -0.39 is 0 Å². The van der Waals surface area contributed by atoms with Crippen molar-refractivity contribution in [3.8, 4) is 0 Å². The number of carbonyl (C=O) groups excluding carboxylic acids is 1. The van der Waals surface area contributed by atoms with Gasteiger partial charge < -0.3 is 16.4 Å². The third-order valence-corrected chi connectivity index (χ3v) is 2.63. The van der Waals surface area contributed by atoms with Gasteiger partial charge in [-0.15, -0.1) is 0 Å². The predicted molar refractivity (Wildman–Crippen MR) is 60.6 cm³/mol. The summed E-state index contributed by atoms with van der Waals surface area (Å²) in [6.45, 7) is 0.0993. The zero-order valence-corrected chi connectivity index (χ0v) is 9.25. The first-order valence-corrected chi connectivity index (χ1v) is 5.49. The van der Waals surface area contributed by atoms with E-state index in [1.165, 1.54) is 19.3 Å². The summed E-state index contributed by atoms with van der Waals surface area (Å²) in [4.78, 5) is 14.9. The highest BCUT2D eigenvalue weighted by Gasteiger charge is 2.13. The standard InChI is InChI=1S/C10H20N4O/c1-12-9(15)7-13-10(11)14-8-5-3-2-4-6-8/h8H,2-7H2,1H3,(H,12,15)(H3,11,13,14). The van der Waals surface area contributed by atoms with Crippen LogP contribution in [0.3, 0.4) is 0 Å². The number of aliphatic imine (C=N–C) groups is 1. The van der Waals surface area contributed by atoms with Crippen molar-refractivity contribution in [3.05, 3.63) is 0 Å². The van der Waals surface area contributed by atoms with E-state index >= 15 is 0 Å². The maximum atomic E-state index is 10.9. The molecule has 0 unspecified atom stereocenters. The van der Waals surface area contributed by atoms with Gasteiger partial charge in [0, 0.05) is 13.1 Å². The van der Waals surface area contributed by atoms with E-state index in [2.05, 4.69) is 15.6 Å². The first-order chi connectivity index (χ1) is 7.22. The molecule has 0 spiro atoms. The largest absolute Gasteiger partial charge is 0.370 e. The van der Waals surface area contributed by atoms with Crippen LogP contribution in [-0.4, -0.2) is 31.5 Å². The molecule has 4 N–H and O–H groups in total. The summed E-state index contributed by atoms with van der Waals surface area (Å²) in [6, 6.07) is 0.437. The van der Waals surface area contributed by atoms with Gasteiger partial charge in [-0.25, -0.2) is 4.99 Å². The van der Waals surface area contributed by atoms with Crippen LogP contribution in [0.25, 0.3) is 0 Å². The summed E-state index contributed by atoms with van der Waals surface area (Å²) < 4.78 is 0. The lowest BCUT2D eigenvalue weighted by atomic mass is 9.96. The second-order valence-electron chi connectivity index (χ2n) is 3.85. The summed E-state index contributed by atoms with van der Waals surface area (Å²) in [5, 5.41) is 5.64. The van der Waals surface area contributed by atoms with Gasteiger partial charge in [0.05, 0.1) is 0 Å². The van der Waals surface area contributed by atoms with Gasteiger partial charge in [0.1, 0.15) is 6.54 Å². The summed E-state index contributed by atoms with van der Waals surface area (Å²) in [6.07, 6.45) is 6.11. The zero-order valence-electron chi connectivity index (χ0n) is 9.25. The van der Waals surface area contributed by atoms with Crippen LogP contribution in [0.5, 0.6) is 0 Å². The topological polar surface area (TPSA) is 79.5 Å². The Bertz CT molecular complexity index is 234. The number of guanidine groups is 1. The molecule has 0 radical (unpaired) electrons. The zero-order chi connectivity index (χ0) is 11.1. The highest BCUT2D eigenvalue weighted by atomic mass is 16.1. The number of nitrogens with two attached hydrogens (primary N) is 1. The smallest absolute Gasteiger partial charge is 0.241 e. The Morgan fingerprint density at radius 1 is 1.40 bits per heavy atom. The van der Waals surface area contributed by atoms with Gasteiger partial charge >= 0.3 is 0 Å². The van der Waals surface area contributed by atoms with Crippen LogP contribution in [0.15, 0.2) is 4.99 Å². The Morgan fingerprint density at radius 3 is 2.67 bits per heavy atom. The minimum absolute atomic E-state index is 0.0993. The molecule has 0 bridgehead atoms. The van der Waals surface area contributed by atoms with Crippen LogP contribution in [-0.2, 0) is 4.79 Å². The fourth-order valence-corrected chi connectivity index (χ4v) is 1.74. The van der Waals surface area contributed by atoms with E-state index in [1.54, 1.807) is 7.05 Å². The Hall–Kier alpha value is -1.26. The number of carbonyl (C=O) groups is 1. The SMILES string of the molecule is CNC(=O)CN=C(N)NC1CCCCC1. The van der Waals surface area contributed by atoms with Crippen LogP contribution in [0.4, 0.5) is 0 Å². The molecule has 0 atom stereocenters. The van der Waals surface area contributed by atoms with Crippen molar-refractivity contribution in [2.45, 2.75) is 38.1 Å². The van der Waals surface area contributed by atoms with Crippen LogP contribution < -0.4 is 16.4 Å². The van der Waals surface area contributed by atoms with Crippen molar-refractivity contribution in [2.75, 3.05) is 13.6 Å². The highest BCUT2D eigenvalue weighted by molar-refractivity contribution is 5.83. The van der Waals surface area contributed by atoms with Crippen molar-refractivity contribution in [1.29, 1.82) is 0 Å². The number of rotatable bonds is 3. The lowest BCUT2D eigenvalue weighted by Crippen LogP contribution is -2.41. The molecule has 1 fully saturated rings. The van der Waals surface area contributed by atoms with Crippen molar-refractivity contribution in [3.63, 3.8) is 0 Å². The van der Waals surface area contributed by atoms with Crippen LogP contribution in [0, 0.1) is 0 Å². The highest BCUT2D eigenvalue weighted by Crippen LogP contribution is 2.16. The molecule has 15 heavy (non-hydrogen) atoms. The Kier molecular flexibility index (Phi) is 4.93. The molecule has 5 nitrogen and oxygen atoms in total. The minimum atomic E-state index is -0.122. The number of nitrogens with one attached hydrogen (secondary N) is 2. The van der Waals surface area contributed by atoms with Crippen molar-refractivity contribution in [1.82, 2.24) is 10.6 Å². The van der Waals surface area contributed by atoms with Gasteiger partial charge in [0.25, 0.3) is 0 Å². The third-order valence-electron chi connectivity index (χ3n) is 2.63. The first kappa shape index (κ1) is 11.8. The molecule has 0 aliphatic heterocycles. The predicted octanol–water partition coefficient (Wildman–Crippen LogP) is -0.0306. The number of amides is 1. The number of nitrogens with zero attached hydrogens (tertiary/aromatic N) is 1. The average Bonchev–Trinajstić information content (AvgIpc) is 2.27. The molecule has 1 aliphatic carbocycles. The molecule has 86 valence electrons. The average molecular weight is 212 g/mol. The van der Waals surface area contributed by atoms with Crippen molar-refractivity contribution in [2.24, 2.45) is 10.7 Å². The van der Waals surface area contributed by atoms with E-state index in [-0.39, 0.29) is 12.5 Å². The third kappa shape index (κ3) is 4.67. The Labute approximate surface area is 90.5 Å². The fraction of sp³-hybridized carbons (Fsp3) is 0.800. The van der Waals surface area contributed by atoms with Gasteiger partial charge in [0.2, 0.25) is 5.91 Å². The van der Waals surface area contributed by atoms with Gasteiger partial charge in [-0.05, 0) is 12.8 Å². The van der Waals surface area contributed by atoms with Crippen molar-refractivity contribution >= 4 is 11.9 Å². The van der Waals surface area contributed by atoms with Gasteiger partial charge in [0.15, 0.2) is 5.96 Å². The van der Waals surface area contributed by atoms with Gasteiger partial charge in [-0.1, -0.05) is 19.3 Å². The second kappa shape index (κ2) is 6.27. The normalized spacial score (nSPS) is 18.6. The fourth-order valence-electron chi connectivity index (χ4n) is 1.74. The van der Waals surface area contributed by atoms with E-state index in [4.69, 9.17) is 5.73 Å². The molecule has 0 aromatic heterocycles. The first-order valence-electron chi connectivity index (χ1n) is 5.49. The molecular formula is C10H20N4O. The van der Waals surface area contributed by atoms with Crippen molar-refractivity contribution < 1.29 is 4.79 Å². The molecular weight excluding hydrogens is 192 g/mol.